The number of nitrogens with zero attached hydrogens (tertiary/aromatic N) is 3. The van der Waals surface area contributed by atoms with Crippen LogP contribution in [-0.4, -0.2) is 52.5 Å². The molecule has 6 heteroatoms. The smallest absolute Gasteiger partial charge is 0.257 e. The largest absolute Gasteiger partial charge is 0.361 e. The molecule has 32 heavy (non-hydrogen) atoms. The number of rotatable bonds is 5. The van der Waals surface area contributed by atoms with Crippen molar-refractivity contribution in [2.45, 2.75) is 24.6 Å². The molecule has 1 aromatic heterocycles. The highest BCUT2D eigenvalue weighted by Crippen LogP contribution is 2.42. The molecule has 3 aromatic rings. The lowest BCUT2D eigenvalue weighted by Crippen LogP contribution is -2.59. The van der Waals surface area contributed by atoms with Gasteiger partial charge in [-0.05, 0) is 34.9 Å². The van der Waals surface area contributed by atoms with Gasteiger partial charge in [-0.15, -0.1) is 0 Å². The van der Waals surface area contributed by atoms with E-state index in [9.17, 15) is 4.79 Å². The number of aromatic nitrogens is 1. The van der Waals surface area contributed by atoms with Crippen molar-refractivity contribution in [3.8, 4) is 0 Å². The van der Waals surface area contributed by atoms with E-state index in [2.05, 4.69) is 28.1 Å². The molecular formula is C26H26ClN3O2. The van der Waals surface area contributed by atoms with Crippen LogP contribution in [0.15, 0.2) is 79.1 Å². The third-order valence-electron chi connectivity index (χ3n) is 6.45. The summed E-state index contributed by atoms with van der Waals surface area (Å²) in [7, 11) is 0. The molecule has 2 atom stereocenters. The van der Waals surface area contributed by atoms with Gasteiger partial charge in [-0.25, -0.2) is 0 Å². The summed E-state index contributed by atoms with van der Waals surface area (Å²) in [4.78, 5) is 22.5. The molecule has 2 aliphatic heterocycles. The quantitative estimate of drug-likeness (QED) is 0.590. The maximum Gasteiger partial charge on any atom is 0.257 e. The van der Waals surface area contributed by atoms with Gasteiger partial charge in [-0.1, -0.05) is 60.1 Å². The summed E-state index contributed by atoms with van der Waals surface area (Å²) >= 11 is 6.06. The van der Waals surface area contributed by atoms with E-state index >= 15 is 0 Å². The van der Waals surface area contributed by atoms with E-state index in [1.807, 2.05) is 59.6 Å². The molecule has 0 unspecified atom stereocenters. The molecule has 0 aliphatic carbocycles. The van der Waals surface area contributed by atoms with Gasteiger partial charge in [0.25, 0.3) is 5.91 Å². The fourth-order valence-electron chi connectivity index (χ4n) is 4.92. The van der Waals surface area contributed by atoms with Gasteiger partial charge in [0.05, 0.1) is 6.61 Å². The van der Waals surface area contributed by atoms with Crippen molar-refractivity contribution >= 4 is 17.5 Å². The molecule has 2 aromatic carbocycles. The average Bonchev–Trinajstić information content (AvgIpc) is 3.18. The van der Waals surface area contributed by atoms with Crippen molar-refractivity contribution in [3.05, 3.63) is 101 Å². The highest BCUT2D eigenvalue weighted by atomic mass is 35.5. The number of morpholine rings is 1. The fourth-order valence-corrected chi connectivity index (χ4v) is 5.05. The van der Waals surface area contributed by atoms with Crippen LogP contribution in [0, 0.1) is 0 Å². The summed E-state index contributed by atoms with van der Waals surface area (Å²) in [5, 5.41) is 0.724. The van der Waals surface area contributed by atoms with Crippen LogP contribution < -0.4 is 0 Å². The topological polar surface area (TPSA) is 45.7 Å². The summed E-state index contributed by atoms with van der Waals surface area (Å²) in [6, 6.07) is 22.0. The van der Waals surface area contributed by atoms with Crippen molar-refractivity contribution < 1.29 is 9.53 Å². The standard InChI is InChI=1S/C26H26ClN3O2/c27-23-10-8-21(9-11-23)16-29-18-24(22-7-4-12-28-15-22)26(19-29)25(31)30(13-14-32-26)17-20-5-2-1-3-6-20/h1-12,15,24H,13-14,16-19H2/t24-,26-/m1/s1. The molecular weight excluding hydrogens is 422 g/mol. The molecule has 2 fully saturated rings. The number of ether oxygens (including phenoxy) is 1. The number of carbonyl (C=O) groups is 1. The molecule has 3 heterocycles. The van der Waals surface area contributed by atoms with Crippen LogP contribution in [0.3, 0.4) is 0 Å². The van der Waals surface area contributed by atoms with E-state index in [-0.39, 0.29) is 11.8 Å². The lowest BCUT2D eigenvalue weighted by molar-refractivity contribution is -0.173. The van der Waals surface area contributed by atoms with Gasteiger partial charge in [0.2, 0.25) is 0 Å². The Morgan fingerprint density at radius 3 is 2.53 bits per heavy atom. The zero-order valence-corrected chi connectivity index (χ0v) is 18.6. The Balaban J connectivity index is 1.44. The highest BCUT2D eigenvalue weighted by molar-refractivity contribution is 6.30. The fraction of sp³-hybridized carbons (Fsp3) is 0.308. The van der Waals surface area contributed by atoms with Crippen LogP contribution in [0.25, 0.3) is 0 Å². The third-order valence-corrected chi connectivity index (χ3v) is 6.71. The molecule has 2 aliphatic rings. The minimum absolute atomic E-state index is 0.0695. The molecule has 1 amide bonds. The Morgan fingerprint density at radius 1 is 1.00 bits per heavy atom. The second kappa shape index (κ2) is 9.02. The Hall–Kier alpha value is -2.73. The first-order valence-electron chi connectivity index (χ1n) is 11.0. The van der Waals surface area contributed by atoms with Gasteiger partial charge >= 0.3 is 0 Å². The van der Waals surface area contributed by atoms with Gasteiger partial charge < -0.3 is 9.64 Å². The molecule has 1 spiro atoms. The molecule has 0 bridgehead atoms. The molecule has 0 saturated carbocycles. The van der Waals surface area contributed by atoms with Gasteiger partial charge in [0.1, 0.15) is 0 Å². The second-order valence-electron chi connectivity index (χ2n) is 8.59. The zero-order valence-electron chi connectivity index (χ0n) is 17.9. The number of halogens is 1. The predicted octanol–water partition coefficient (Wildman–Crippen LogP) is 4.13. The van der Waals surface area contributed by atoms with E-state index in [4.69, 9.17) is 16.3 Å². The van der Waals surface area contributed by atoms with Crippen LogP contribution >= 0.6 is 11.6 Å². The van der Waals surface area contributed by atoms with Gasteiger partial charge in [0, 0.05) is 56.1 Å². The first-order valence-corrected chi connectivity index (χ1v) is 11.4. The van der Waals surface area contributed by atoms with Crippen LogP contribution in [0.1, 0.15) is 22.6 Å². The minimum atomic E-state index is -0.900. The Labute approximate surface area is 193 Å². The summed E-state index contributed by atoms with van der Waals surface area (Å²) in [6.07, 6.45) is 3.63. The van der Waals surface area contributed by atoms with Gasteiger partial charge in [-0.2, -0.15) is 0 Å². The first kappa shape index (κ1) is 21.1. The molecule has 5 rings (SSSR count). The number of pyridine rings is 1. The van der Waals surface area contributed by atoms with Crippen molar-refractivity contribution in [1.82, 2.24) is 14.8 Å². The number of carbonyl (C=O) groups excluding carboxylic acids is 1. The van der Waals surface area contributed by atoms with Gasteiger partial charge in [-0.3, -0.25) is 14.7 Å². The number of benzene rings is 2. The normalized spacial score (nSPS) is 23.7. The van der Waals surface area contributed by atoms with Crippen molar-refractivity contribution in [2.75, 3.05) is 26.2 Å². The van der Waals surface area contributed by atoms with Crippen LogP contribution in [0.5, 0.6) is 0 Å². The maximum atomic E-state index is 13.9. The molecule has 5 nitrogen and oxygen atoms in total. The highest BCUT2D eigenvalue weighted by Gasteiger charge is 2.56. The van der Waals surface area contributed by atoms with Gasteiger partial charge in [0.15, 0.2) is 5.60 Å². The Bertz CT molecular complexity index is 1060. The SMILES string of the molecule is O=C1N(Cc2ccccc2)CCO[C@@]12CN(Cc1ccc(Cl)cc1)C[C@@H]2c1cccnc1. The maximum absolute atomic E-state index is 13.9. The van der Waals surface area contributed by atoms with E-state index in [1.54, 1.807) is 6.20 Å². The lowest BCUT2D eigenvalue weighted by atomic mass is 9.83. The van der Waals surface area contributed by atoms with Crippen molar-refractivity contribution in [1.29, 1.82) is 0 Å². The Kier molecular flexibility index (Phi) is 5.96. The monoisotopic (exact) mass is 447 g/mol. The summed E-state index contributed by atoms with van der Waals surface area (Å²) in [5.41, 5.74) is 2.44. The summed E-state index contributed by atoms with van der Waals surface area (Å²) < 4.78 is 6.38. The number of amides is 1. The number of hydrogen-bond acceptors (Lipinski definition) is 4. The summed E-state index contributed by atoms with van der Waals surface area (Å²) in [5.74, 6) is -0.00497. The van der Waals surface area contributed by atoms with Crippen LogP contribution in [-0.2, 0) is 22.6 Å². The van der Waals surface area contributed by atoms with Crippen LogP contribution in [0.2, 0.25) is 5.02 Å². The van der Waals surface area contributed by atoms with E-state index in [0.29, 0.717) is 26.2 Å². The average molecular weight is 448 g/mol. The van der Waals surface area contributed by atoms with E-state index in [0.717, 1.165) is 29.2 Å². The van der Waals surface area contributed by atoms with Crippen molar-refractivity contribution in [3.63, 3.8) is 0 Å². The predicted molar refractivity (Wildman–Crippen MR) is 124 cm³/mol. The molecule has 2 saturated heterocycles. The lowest BCUT2D eigenvalue weighted by Gasteiger charge is -2.42. The van der Waals surface area contributed by atoms with E-state index < -0.39 is 5.60 Å². The number of likely N-dealkylation sites (tertiary alicyclic amines) is 1. The van der Waals surface area contributed by atoms with E-state index in [1.165, 1.54) is 5.56 Å². The Morgan fingerprint density at radius 2 is 1.78 bits per heavy atom. The third kappa shape index (κ3) is 4.16. The molecule has 0 radical (unpaired) electrons. The zero-order chi connectivity index (χ0) is 22.0. The minimum Gasteiger partial charge on any atom is -0.361 e. The number of hydrogen-bond donors (Lipinski definition) is 0. The van der Waals surface area contributed by atoms with Crippen molar-refractivity contribution in [2.24, 2.45) is 0 Å². The molecule has 164 valence electrons. The summed E-state index contributed by atoms with van der Waals surface area (Å²) in [6.45, 7) is 3.77. The second-order valence-corrected chi connectivity index (χ2v) is 9.02. The molecule has 0 N–H and O–H groups in total. The van der Waals surface area contributed by atoms with Crippen LogP contribution in [0.4, 0.5) is 0 Å². The first-order chi connectivity index (χ1) is 15.6.